The smallest absolute Gasteiger partial charge is 0.401 e. The van der Waals surface area contributed by atoms with Gasteiger partial charge in [-0.1, -0.05) is 0 Å². The van der Waals surface area contributed by atoms with E-state index in [2.05, 4.69) is 5.32 Å². The minimum Gasteiger partial charge on any atom is -0.480 e. The van der Waals surface area contributed by atoms with E-state index in [9.17, 15) is 22.8 Å². The second-order valence-corrected chi connectivity index (χ2v) is 3.50. The number of alkyl halides is 3. The van der Waals surface area contributed by atoms with E-state index in [0.717, 1.165) is 4.90 Å². The highest BCUT2D eigenvalue weighted by Crippen LogP contribution is 2.16. The van der Waals surface area contributed by atoms with Gasteiger partial charge in [-0.05, 0) is 13.0 Å². The fraction of sp³-hybridized carbons (Fsp3) is 0.778. The first-order valence-corrected chi connectivity index (χ1v) is 4.96. The Morgan fingerprint density at radius 3 is 2.35 bits per heavy atom. The molecule has 0 aliphatic heterocycles. The monoisotopic (exact) mass is 256 g/mol. The highest BCUT2D eigenvalue weighted by molar-refractivity contribution is 5.75. The van der Waals surface area contributed by atoms with Gasteiger partial charge in [0.25, 0.3) is 0 Å². The molecule has 0 atom stereocenters. The molecule has 8 heteroatoms. The van der Waals surface area contributed by atoms with Crippen molar-refractivity contribution in [2.45, 2.75) is 19.0 Å². The second kappa shape index (κ2) is 7.10. The van der Waals surface area contributed by atoms with Crippen molar-refractivity contribution >= 4 is 11.9 Å². The number of halogens is 3. The number of rotatable bonds is 7. The Hall–Kier alpha value is -1.31. The second-order valence-electron chi connectivity index (χ2n) is 3.50. The predicted molar refractivity (Wildman–Crippen MR) is 53.4 cm³/mol. The number of nitrogens with one attached hydrogen (secondary N) is 1. The van der Waals surface area contributed by atoms with Gasteiger partial charge in [0, 0.05) is 13.5 Å². The zero-order chi connectivity index (χ0) is 13.5. The number of hydrogen-bond donors (Lipinski definition) is 2. The SMILES string of the molecule is CNC(=O)CCCN(CC(=O)O)CC(F)(F)F. The summed E-state index contributed by atoms with van der Waals surface area (Å²) in [6.45, 7) is -2.06. The van der Waals surface area contributed by atoms with Crippen molar-refractivity contribution in [2.24, 2.45) is 0 Å². The van der Waals surface area contributed by atoms with E-state index in [1.165, 1.54) is 7.05 Å². The summed E-state index contributed by atoms with van der Waals surface area (Å²) in [5, 5.41) is 10.8. The summed E-state index contributed by atoms with van der Waals surface area (Å²) in [5.41, 5.74) is 0. The molecule has 0 radical (unpaired) electrons. The van der Waals surface area contributed by atoms with Crippen LogP contribution in [-0.2, 0) is 9.59 Å². The average Bonchev–Trinajstić information content (AvgIpc) is 2.13. The van der Waals surface area contributed by atoms with Crippen molar-refractivity contribution in [1.29, 1.82) is 0 Å². The van der Waals surface area contributed by atoms with Crippen LogP contribution in [0.3, 0.4) is 0 Å². The van der Waals surface area contributed by atoms with Crippen LogP contribution in [-0.4, -0.2) is 54.7 Å². The summed E-state index contributed by atoms with van der Waals surface area (Å²) in [6.07, 6.45) is -4.18. The third-order valence-electron chi connectivity index (χ3n) is 1.92. The molecule has 0 saturated heterocycles. The Labute approximate surface area is 96.6 Å². The molecule has 0 unspecified atom stereocenters. The first kappa shape index (κ1) is 15.7. The van der Waals surface area contributed by atoms with E-state index in [1.807, 2.05) is 0 Å². The number of carbonyl (C=O) groups excluding carboxylic acids is 1. The maximum absolute atomic E-state index is 12.1. The molecule has 0 aromatic rings. The maximum Gasteiger partial charge on any atom is 0.401 e. The number of carboxylic acids is 1. The average molecular weight is 256 g/mol. The molecule has 0 aliphatic rings. The highest BCUT2D eigenvalue weighted by Gasteiger charge is 2.31. The number of amides is 1. The third kappa shape index (κ3) is 9.61. The molecule has 17 heavy (non-hydrogen) atoms. The fourth-order valence-corrected chi connectivity index (χ4v) is 1.25. The van der Waals surface area contributed by atoms with Gasteiger partial charge in [0.15, 0.2) is 0 Å². The standard InChI is InChI=1S/C9H15F3N2O3/c1-13-7(15)3-2-4-14(5-8(16)17)6-9(10,11)12/h2-6H2,1H3,(H,13,15)(H,16,17). The van der Waals surface area contributed by atoms with Gasteiger partial charge in [0.2, 0.25) is 5.91 Å². The summed E-state index contributed by atoms with van der Waals surface area (Å²) < 4.78 is 36.3. The highest BCUT2D eigenvalue weighted by atomic mass is 19.4. The number of carbonyl (C=O) groups is 2. The van der Waals surface area contributed by atoms with E-state index >= 15 is 0 Å². The molecule has 5 nitrogen and oxygen atoms in total. The third-order valence-corrected chi connectivity index (χ3v) is 1.92. The molecule has 0 rings (SSSR count). The lowest BCUT2D eigenvalue weighted by molar-refractivity contribution is -0.153. The van der Waals surface area contributed by atoms with Gasteiger partial charge >= 0.3 is 12.1 Å². The first-order valence-electron chi connectivity index (χ1n) is 4.96. The van der Waals surface area contributed by atoms with Crippen molar-refractivity contribution in [3.8, 4) is 0 Å². The Kier molecular flexibility index (Phi) is 6.55. The summed E-state index contributed by atoms with van der Waals surface area (Å²) in [5.74, 6) is -1.61. The largest absolute Gasteiger partial charge is 0.480 e. The molecule has 100 valence electrons. The Morgan fingerprint density at radius 2 is 1.94 bits per heavy atom. The predicted octanol–water partition coefficient (Wildman–Crippen LogP) is 0.461. The molecule has 0 aromatic carbocycles. The lowest BCUT2D eigenvalue weighted by Crippen LogP contribution is -2.38. The van der Waals surface area contributed by atoms with E-state index in [1.54, 1.807) is 0 Å². The molecule has 0 fully saturated rings. The van der Waals surface area contributed by atoms with E-state index < -0.39 is 25.2 Å². The van der Waals surface area contributed by atoms with Crippen LogP contribution in [0.25, 0.3) is 0 Å². The quantitative estimate of drug-likeness (QED) is 0.694. The van der Waals surface area contributed by atoms with Crippen molar-refractivity contribution in [3.05, 3.63) is 0 Å². The van der Waals surface area contributed by atoms with Crippen LogP contribution in [0.5, 0.6) is 0 Å². The van der Waals surface area contributed by atoms with E-state index in [-0.39, 0.29) is 25.3 Å². The molecular weight excluding hydrogens is 241 g/mol. The summed E-state index contributed by atoms with van der Waals surface area (Å²) in [6, 6.07) is 0. The number of carboxylic acid groups (broad SMARTS) is 1. The van der Waals surface area contributed by atoms with Crippen LogP contribution in [0, 0.1) is 0 Å². The Morgan fingerprint density at radius 1 is 1.35 bits per heavy atom. The van der Waals surface area contributed by atoms with Gasteiger partial charge in [-0.3, -0.25) is 14.5 Å². The van der Waals surface area contributed by atoms with Crippen LogP contribution in [0.2, 0.25) is 0 Å². The zero-order valence-electron chi connectivity index (χ0n) is 9.38. The zero-order valence-corrected chi connectivity index (χ0v) is 9.38. The van der Waals surface area contributed by atoms with Crippen LogP contribution in [0.15, 0.2) is 0 Å². The van der Waals surface area contributed by atoms with Gasteiger partial charge in [-0.15, -0.1) is 0 Å². The lowest BCUT2D eigenvalue weighted by atomic mass is 10.2. The van der Waals surface area contributed by atoms with Gasteiger partial charge in [0.05, 0.1) is 13.1 Å². The topological polar surface area (TPSA) is 69.6 Å². The van der Waals surface area contributed by atoms with E-state index in [0.29, 0.717) is 0 Å². The van der Waals surface area contributed by atoms with Crippen molar-refractivity contribution < 1.29 is 27.9 Å². The van der Waals surface area contributed by atoms with Gasteiger partial charge in [-0.2, -0.15) is 13.2 Å². The Balaban J connectivity index is 4.11. The van der Waals surface area contributed by atoms with E-state index in [4.69, 9.17) is 5.11 Å². The Bertz CT molecular complexity index is 269. The van der Waals surface area contributed by atoms with Crippen LogP contribution < -0.4 is 5.32 Å². The molecule has 0 aromatic heterocycles. The van der Waals surface area contributed by atoms with Gasteiger partial charge < -0.3 is 10.4 Å². The van der Waals surface area contributed by atoms with Crippen molar-refractivity contribution in [3.63, 3.8) is 0 Å². The molecule has 0 spiro atoms. The number of nitrogens with zero attached hydrogens (tertiary/aromatic N) is 1. The number of aliphatic carboxylic acids is 1. The fourth-order valence-electron chi connectivity index (χ4n) is 1.25. The molecule has 0 saturated carbocycles. The summed E-state index contributed by atoms with van der Waals surface area (Å²) in [4.78, 5) is 21.9. The van der Waals surface area contributed by atoms with Crippen LogP contribution in [0.4, 0.5) is 13.2 Å². The first-order chi connectivity index (χ1) is 7.74. The van der Waals surface area contributed by atoms with Gasteiger partial charge in [0.1, 0.15) is 0 Å². The number of hydrogen-bond acceptors (Lipinski definition) is 3. The minimum absolute atomic E-state index is 0.0739. The normalized spacial score (nSPS) is 11.6. The van der Waals surface area contributed by atoms with Gasteiger partial charge in [-0.25, -0.2) is 0 Å². The molecular formula is C9H15F3N2O3. The van der Waals surface area contributed by atoms with Crippen LogP contribution in [0.1, 0.15) is 12.8 Å². The molecule has 0 bridgehead atoms. The maximum atomic E-state index is 12.1. The molecule has 2 N–H and O–H groups in total. The lowest BCUT2D eigenvalue weighted by Gasteiger charge is -2.21. The summed E-state index contributed by atoms with van der Waals surface area (Å²) >= 11 is 0. The summed E-state index contributed by atoms with van der Waals surface area (Å²) in [7, 11) is 1.42. The van der Waals surface area contributed by atoms with Crippen LogP contribution >= 0.6 is 0 Å². The molecule has 0 aliphatic carbocycles. The molecule has 1 amide bonds. The van der Waals surface area contributed by atoms with Crippen molar-refractivity contribution in [1.82, 2.24) is 10.2 Å². The molecule has 0 heterocycles. The minimum atomic E-state index is -4.44. The van der Waals surface area contributed by atoms with Crippen molar-refractivity contribution in [2.75, 3.05) is 26.7 Å².